The van der Waals surface area contributed by atoms with E-state index in [9.17, 15) is 14.9 Å². The van der Waals surface area contributed by atoms with Gasteiger partial charge in [0.1, 0.15) is 5.82 Å². The van der Waals surface area contributed by atoms with Crippen LogP contribution in [-0.4, -0.2) is 27.6 Å². The zero-order chi connectivity index (χ0) is 22.2. The molecular weight excluding hydrogens is 480 g/mol. The normalized spacial score (nSPS) is 16.2. The van der Waals surface area contributed by atoms with E-state index in [-0.39, 0.29) is 29.5 Å². The van der Waals surface area contributed by atoms with E-state index in [0.717, 1.165) is 36.6 Å². The van der Waals surface area contributed by atoms with Crippen LogP contribution in [0.25, 0.3) is 10.9 Å². The molecule has 0 amide bonds. The van der Waals surface area contributed by atoms with Crippen LogP contribution >= 0.6 is 15.9 Å². The smallest absolute Gasteiger partial charge is 0.282 e. The highest BCUT2D eigenvalue weighted by molar-refractivity contribution is 9.10. The fourth-order valence-electron chi connectivity index (χ4n) is 4.23. The summed E-state index contributed by atoms with van der Waals surface area (Å²) in [6.45, 7) is 0.00183. The third-order valence-electron chi connectivity index (χ3n) is 5.83. The third-order valence-corrected chi connectivity index (χ3v) is 6.33. The summed E-state index contributed by atoms with van der Waals surface area (Å²) in [6, 6.07) is 8.18. The van der Waals surface area contributed by atoms with Gasteiger partial charge in [-0.15, -0.1) is 0 Å². The van der Waals surface area contributed by atoms with Gasteiger partial charge < -0.3 is 9.47 Å². The Hall–Kier alpha value is -3.27. The number of halogens is 1. The molecule has 0 atom stereocenters. The van der Waals surface area contributed by atoms with Gasteiger partial charge in [0, 0.05) is 10.4 Å². The minimum Gasteiger partial charge on any atom is -0.454 e. The number of ether oxygens (including phenoxy) is 2. The van der Waals surface area contributed by atoms with Crippen molar-refractivity contribution in [1.82, 2.24) is 9.66 Å². The molecule has 1 saturated carbocycles. The van der Waals surface area contributed by atoms with Crippen LogP contribution in [0.2, 0.25) is 0 Å². The summed E-state index contributed by atoms with van der Waals surface area (Å²) >= 11 is 3.40. The van der Waals surface area contributed by atoms with Crippen LogP contribution in [0.1, 0.15) is 49.4 Å². The number of nitro benzene ring substituents is 1. The Bertz CT molecular complexity index is 1310. The van der Waals surface area contributed by atoms with E-state index in [1.807, 2.05) is 12.1 Å². The molecule has 5 rings (SSSR count). The van der Waals surface area contributed by atoms with Crippen molar-refractivity contribution in [3.8, 4) is 11.5 Å². The lowest BCUT2D eigenvalue weighted by atomic mass is 9.88. The molecule has 0 saturated heterocycles. The first kappa shape index (κ1) is 20.6. The molecule has 0 radical (unpaired) electrons. The predicted molar refractivity (Wildman–Crippen MR) is 122 cm³/mol. The fraction of sp³-hybridized carbons (Fsp3) is 0.318. The fourth-order valence-corrected chi connectivity index (χ4v) is 4.59. The number of nitro groups is 1. The SMILES string of the molecule is O=c1c2cc(Br)ccc2nc(C2CCCCC2)n1N=Cc1cc2c(cc1[N+](=O)[O-])OCO2. The molecule has 2 aliphatic rings. The molecule has 32 heavy (non-hydrogen) atoms. The summed E-state index contributed by atoms with van der Waals surface area (Å²) in [6.07, 6.45) is 6.46. The summed E-state index contributed by atoms with van der Waals surface area (Å²) in [4.78, 5) is 29.2. The van der Waals surface area contributed by atoms with Gasteiger partial charge in [-0.05, 0) is 37.1 Å². The highest BCUT2D eigenvalue weighted by Crippen LogP contribution is 2.37. The Morgan fingerprint density at radius 2 is 1.91 bits per heavy atom. The molecule has 1 aromatic heterocycles. The molecule has 0 unspecified atom stereocenters. The highest BCUT2D eigenvalue weighted by atomic mass is 79.9. The maximum Gasteiger partial charge on any atom is 0.282 e. The van der Waals surface area contributed by atoms with Crippen LogP contribution in [0.15, 0.2) is 44.7 Å². The molecule has 2 aromatic carbocycles. The first-order valence-electron chi connectivity index (χ1n) is 10.4. The van der Waals surface area contributed by atoms with Crippen molar-refractivity contribution >= 4 is 38.7 Å². The minimum absolute atomic E-state index is 0.00183. The number of nitrogens with zero attached hydrogens (tertiary/aromatic N) is 4. The molecule has 1 aliphatic heterocycles. The minimum atomic E-state index is -0.510. The predicted octanol–water partition coefficient (Wildman–Crippen LogP) is 4.73. The van der Waals surface area contributed by atoms with Crippen molar-refractivity contribution in [3.05, 3.63) is 66.7 Å². The van der Waals surface area contributed by atoms with Crippen molar-refractivity contribution in [2.45, 2.75) is 38.0 Å². The van der Waals surface area contributed by atoms with Crippen molar-refractivity contribution in [2.75, 3.05) is 6.79 Å². The number of benzene rings is 2. The molecule has 1 aliphatic carbocycles. The van der Waals surface area contributed by atoms with E-state index in [0.29, 0.717) is 28.2 Å². The van der Waals surface area contributed by atoms with Crippen molar-refractivity contribution in [3.63, 3.8) is 0 Å². The average molecular weight is 499 g/mol. The Labute approximate surface area is 191 Å². The van der Waals surface area contributed by atoms with Gasteiger partial charge in [0.2, 0.25) is 6.79 Å². The molecule has 1 fully saturated rings. The Kier molecular flexibility index (Phi) is 5.38. The van der Waals surface area contributed by atoms with Gasteiger partial charge in [-0.3, -0.25) is 14.9 Å². The van der Waals surface area contributed by atoms with Crippen LogP contribution in [-0.2, 0) is 0 Å². The van der Waals surface area contributed by atoms with Gasteiger partial charge in [-0.25, -0.2) is 4.98 Å². The number of rotatable bonds is 4. The summed E-state index contributed by atoms with van der Waals surface area (Å²) in [5.74, 6) is 1.40. The van der Waals surface area contributed by atoms with Crippen LogP contribution in [0.3, 0.4) is 0 Å². The topological polar surface area (TPSA) is 109 Å². The lowest BCUT2D eigenvalue weighted by Crippen LogP contribution is -2.25. The van der Waals surface area contributed by atoms with Gasteiger partial charge in [-0.1, -0.05) is 35.2 Å². The molecule has 0 bridgehead atoms. The monoisotopic (exact) mass is 498 g/mol. The second-order valence-corrected chi connectivity index (χ2v) is 8.77. The van der Waals surface area contributed by atoms with E-state index in [1.165, 1.54) is 23.0 Å². The van der Waals surface area contributed by atoms with Crippen molar-refractivity contribution < 1.29 is 14.4 Å². The molecular formula is C22H19BrN4O5. The number of hydrogen-bond donors (Lipinski definition) is 0. The second-order valence-electron chi connectivity index (χ2n) is 7.85. The second kappa shape index (κ2) is 8.34. The van der Waals surface area contributed by atoms with Crippen molar-refractivity contribution in [2.24, 2.45) is 5.10 Å². The van der Waals surface area contributed by atoms with Crippen molar-refractivity contribution in [1.29, 1.82) is 0 Å². The van der Waals surface area contributed by atoms with Crippen LogP contribution in [0, 0.1) is 10.1 Å². The molecule has 164 valence electrons. The molecule has 0 spiro atoms. The number of fused-ring (bicyclic) bond motifs is 2. The van der Waals surface area contributed by atoms with E-state index >= 15 is 0 Å². The Balaban J connectivity index is 1.66. The first-order valence-corrected chi connectivity index (χ1v) is 11.1. The van der Waals surface area contributed by atoms with E-state index in [4.69, 9.17) is 14.5 Å². The highest BCUT2D eigenvalue weighted by Gasteiger charge is 2.24. The Morgan fingerprint density at radius 3 is 2.66 bits per heavy atom. The molecule has 9 nitrogen and oxygen atoms in total. The standard InChI is InChI=1S/C22H19BrN4O5/c23-15-6-7-17-16(9-15)22(28)26(21(25-17)13-4-2-1-3-5-13)24-11-14-8-19-20(32-12-31-19)10-18(14)27(29)30/h6-11,13H,1-5,12H2. The number of aromatic nitrogens is 2. The lowest BCUT2D eigenvalue weighted by Gasteiger charge is -2.22. The molecule has 10 heteroatoms. The molecule has 0 N–H and O–H groups in total. The van der Waals surface area contributed by atoms with Crippen LogP contribution in [0.4, 0.5) is 5.69 Å². The molecule has 2 heterocycles. The van der Waals surface area contributed by atoms with E-state index in [2.05, 4.69) is 21.0 Å². The van der Waals surface area contributed by atoms with E-state index < -0.39 is 4.92 Å². The average Bonchev–Trinajstić information content (AvgIpc) is 3.26. The summed E-state index contributed by atoms with van der Waals surface area (Å²) in [5, 5.41) is 16.4. The summed E-state index contributed by atoms with van der Waals surface area (Å²) in [7, 11) is 0. The molecule has 3 aromatic rings. The summed E-state index contributed by atoms with van der Waals surface area (Å²) in [5.41, 5.74) is 0.340. The van der Waals surface area contributed by atoms with Gasteiger partial charge >= 0.3 is 0 Å². The zero-order valence-electron chi connectivity index (χ0n) is 17.0. The first-order chi connectivity index (χ1) is 15.5. The largest absolute Gasteiger partial charge is 0.454 e. The summed E-state index contributed by atoms with van der Waals surface area (Å²) < 4.78 is 12.6. The zero-order valence-corrected chi connectivity index (χ0v) is 18.6. The van der Waals surface area contributed by atoms with Crippen LogP contribution < -0.4 is 15.0 Å². The van der Waals surface area contributed by atoms with E-state index in [1.54, 1.807) is 6.07 Å². The van der Waals surface area contributed by atoms with Gasteiger partial charge in [0.05, 0.1) is 33.7 Å². The van der Waals surface area contributed by atoms with Crippen LogP contribution in [0.5, 0.6) is 11.5 Å². The maximum absolute atomic E-state index is 13.4. The maximum atomic E-state index is 13.4. The third kappa shape index (κ3) is 3.75. The van der Waals surface area contributed by atoms with Gasteiger partial charge in [0.25, 0.3) is 11.2 Å². The Morgan fingerprint density at radius 1 is 1.16 bits per heavy atom. The quantitative estimate of drug-likeness (QED) is 0.292. The van der Waals surface area contributed by atoms with Gasteiger partial charge in [0.15, 0.2) is 11.5 Å². The lowest BCUT2D eigenvalue weighted by molar-refractivity contribution is -0.385. The number of hydrogen-bond acceptors (Lipinski definition) is 7. The van der Waals surface area contributed by atoms with Gasteiger partial charge in [-0.2, -0.15) is 9.78 Å².